The number of nitrogens with one attached hydrogen (secondary N) is 1. The number of amides is 1. The maximum Gasteiger partial charge on any atom is 0.327 e. The highest BCUT2D eigenvalue weighted by Gasteiger charge is 2.32. The highest BCUT2D eigenvalue weighted by atomic mass is 32.2. The quantitative estimate of drug-likeness (QED) is 0.263. The fourth-order valence-electron chi connectivity index (χ4n) is 4.13. The SMILES string of the molecule is Cc1c(C(=O)Nc2ccc(-c3ccc(N(C(C(=O)O)C(C)C)S(=O)O)cc3)cc2)oc2ccccc12. The van der Waals surface area contributed by atoms with E-state index >= 15 is 0 Å². The second kappa shape index (κ2) is 10.3. The molecule has 1 heterocycles. The molecule has 0 bridgehead atoms. The van der Waals surface area contributed by atoms with Crippen molar-refractivity contribution in [2.75, 3.05) is 9.62 Å². The average Bonchev–Trinajstić information content (AvgIpc) is 3.19. The molecule has 1 amide bonds. The summed E-state index contributed by atoms with van der Waals surface area (Å²) in [5.74, 6) is -1.63. The van der Waals surface area contributed by atoms with Crippen molar-refractivity contribution in [3.63, 3.8) is 0 Å². The molecule has 0 aliphatic rings. The van der Waals surface area contributed by atoms with E-state index in [-0.39, 0.29) is 17.6 Å². The number of rotatable bonds is 8. The minimum Gasteiger partial charge on any atom is -0.480 e. The molecule has 0 fully saturated rings. The molecule has 186 valence electrons. The van der Waals surface area contributed by atoms with Crippen LogP contribution in [0.4, 0.5) is 11.4 Å². The second-order valence-electron chi connectivity index (χ2n) is 8.71. The number of nitrogens with zero attached hydrogens (tertiary/aromatic N) is 1. The Hall–Kier alpha value is -3.95. The van der Waals surface area contributed by atoms with Crippen molar-refractivity contribution >= 4 is 45.5 Å². The minimum atomic E-state index is -2.50. The Bertz CT molecular complexity index is 1430. The van der Waals surface area contributed by atoms with Crippen LogP contribution in [0.3, 0.4) is 0 Å². The molecule has 3 N–H and O–H groups in total. The van der Waals surface area contributed by atoms with Crippen molar-refractivity contribution in [2.24, 2.45) is 5.92 Å². The highest BCUT2D eigenvalue weighted by Crippen LogP contribution is 2.29. The highest BCUT2D eigenvalue weighted by molar-refractivity contribution is 7.80. The molecule has 0 saturated carbocycles. The third kappa shape index (κ3) is 5.02. The van der Waals surface area contributed by atoms with E-state index in [2.05, 4.69) is 5.32 Å². The first-order chi connectivity index (χ1) is 17.2. The number of hydrogen-bond acceptors (Lipinski definition) is 4. The average molecular weight is 507 g/mol. The normalized spacial score (nSPS) is 12.9. The summed E-state index contributed by atoms with van der Waals surface area (Å²) in [5, 5.41) is 13.3. The first-order valence-corrected chi connectivity index (χ1v) is 12.4. The number of carboxylic acids is 1. The number of para-hydroxylation sites is 1. The van der Waals surface area contributed by atoms with Crippen molar-refractivity contribution in [3.05, 3.63) is 84.1 Å². The first kappa shape index (κ1) is 25.2. The van der Waals surface area contributed by atoms with Crippen LogP contribution in [-0.4, -0.2) is 31.8 Å². The fraction of sp³-hybridized carbons (Fsp3) is 0.185. The van der Waals surface area contributed by atoms with E-state index in [0.29, 0.717) is 17.0 Å². The Morgan fingerprint density at radius 1 is 0.944 bits per heavy atom. The number of benzene rings is 3. The number of furan rings is 1. The number of carbonyl (C=O) groups excluding carboxylic acids is 1. The van der Waals surface area contributed by atoms with Gasteiger partial charge < -0.3 is 14.8 Å². The molecule has 0 aliphatic carbocycles. The Morgan fingerprint density at radius 2 is 1.53 bits per heavy atom. The van der Waals surface area contributed by atoms with Gasteiger partial charge in [-0.15, -0.1) is 0 Å². The molecule has 4 aromatic rings. The molecular formula is C27H26N2O6S. The molecule has 0 saturated heterocycles. The van der Waals surface area contributed by atoms with Crippen LogP contribution in [0.5, 0.6) is 0 Å². The largest absolute Gasteiger partial charge is 0.480 e. The third-order valence-electron chi connectivity index (χ3n) is 5.95. The summed E-state index contributed by atoms with van der Waals surface area (Å²) in [7, 11) is 0. The Labute approximate surface area is 211 Å². The molecule has 8 nitrogen and oxygen atoms in total. The van der Waals surface area contributed by atoms with Gasteiger partial charge in [0.05, 0.1) is 5.69 Å². The lowest BCUT2D eigenvalue weighted by Gasteiger charge is -2.29. The minimum absolute atomic E-state index is 0.266. The second-order valence-corrected chi connectivity index (χ2v) is 9.57. The summed E-state index contributed by atoms with van der Waals surface area (Å²) in [4.78, 5) is 24.5. The Morgan fingerprint density at radius 3 is 2.06 bits per heavy atom. The Balaban J connectivity index is 1.51. The van der Waals surface area contributed by atoms with Crippen LogP contribution in [0.15, 0.2) is 77.2 Å². The summed E-state index contributed by atoms with van der Waals surface area (Å²) < 4.78 is 28.4. The van der Waals surface area contributed by atoms with E-state index in [1.54, 1.807) is 50.2 Å². The lowest BCUT2D eigenvalue weighted by Crippen LogP contribution is -2.45. The van der Waals surface area contributed by atoms with Crippen molar-refractivity contribution in [3.8, 4) is 11.1 Å². The number of carboxylic acid groups (broad SMARTS) is 1. The molecule has 0 aliphatic heterocycles. The number of carbonyl (C=O) groups is 2. The van der Waals surface area contributed by atoms with Crippen LogP contribution in [0, 0.1) is 12.8 Å². The number of aliphatic carboxylic acids is 1. The predicted octanol–water partition coefficient (Wildman–Crippen LogP) is 5.71. The molecule has 1 aromatic heterocycles. The summed E-state index contributed by atoms with van der Waals surface area (Å²) in [6, 6.07) is 20.3. The molecule has 3 aromatic carbocycles. The van der Waals surface area contributed by atoms with E-state index in [1.807, 2.05) is 43.3 Å². The molecular weight excluding hydrogens is 480 g/mol. The van der Waals surface area contributed by atoms with Crippen molar-refractivity contribution < 1.29 is 27.9 Å². The van der Waals surface area contributed by atoms with Gasteiger partial charge in [-0.3, -0.25) is 13.7 Å². The number of fused-ring (bicyclic) bond motifs is 1. The molecule has 2 unspecified atom stereocenters. The smallest absolute Gasteiger partial charge is 0.327 e. The molecule has 4 rings (SSSR count). The third-order valence-corrected chi connectivity index (χ3v) is 6.73. The van der Waals surface area contributed by atoms with Crippen molar-refractivity contribution in [1.82, 2.24) is 0 Å². The molecule has 36 heavy (non-hydrogen) atoms. The zero-order chi connectivity index (χ0) is 26.0. The van der Waals surface area contributed by atoms with Crippen molar-refractivity contribution in [1.29, 1.82) is 0 Å². The van der Waals surface area contributed by atoms with Crippen LogP contribution in [0.2, 0.25) is 0 Å². The molecule has 2 atom stereocenters. The Kier molecular flexibility index (Phi) is 7.23. The van der Waals surface area contributed by atoms with E-state index in [1.165, 1.54) is 0 Å². The van der Waals surface area contributed by atoms with Gasteiger partial charge in [0.2, 0.25) is 0 Å². The van der Waals surface area contributed by atoms with Crippen LogP contribution in [0.1, 0.15) is 30.0 Å². The van der Waals surface area contributed by atoms with Gasteiger partial charge in [0.25, 0.3) is 17.2 Å². The van der Waals surface area contributed by atoms with E-state index < -0.39 is 23.3 Å². The van der Waals surface area contributed by atoms with E-state index in [0.717, 1.165) is 26.4 Å². The van der Waals surface area contributed by atoms with Gasteiger partial charge >= 0.3 is 5.97 Å². The first-order valence-electron chi connectivity index (χ1n) is 11.3. The van der Waals surface area contributed by atoms with Crippen LogP contribution in [0.25, 0.3) is 22.1 Å². The zero-order valence-electron chi connectivity index (χ0n) is 20.0. The van der Waals surface area contributed by atoms with Gasteiger partial charge in [0, 0.05) is 16.6 Å². The van der Waals surface area contributed by atoms with Gasteiger partial charge in [-0.25, -0.2) is 9.00 Å². The number of anilines is 2. The van der Waals surface area contributed by atoms with Gasteiger partial charge in [0.1, 0.15) is 11.6 Å². The fourth-order valence-corrected chi connectivity index (χ4v) is 4.96. The lowest BCUT2D eigenvalue weighted by atomic mass is 10.0. The standard InChI is InChI=1S/C27H26N2O6S/c1-16(2)24(27(31)32)29(36(33)34)21-14-10-19(11-15-21)18-8-12-20(13-9-18)28-26(30)25-17(3)22-6-4-5-7-23(22)35-25/h4-16,24H,1-3H3,(H,28,30)(H,31,32)(H,33,34). The monoisotopic (exact) mass is 506 g/mol. The predicted molar refractivity (Wildman–Crippen MR) is 140 cm³/mol. The summed E-state index contributed by atoms with van der Waals surface area (Å²) >= 11 is -2.50. The van der Waals surface area contributed by atoms with Crippen LogP contribution < -0.4 is 9.62 Å². The maximum atomic E-state index is 12.8. The molecule has 0 radical (unpaired) electrons. The topological polar surface area (TPSA) is 120 Å². The van der Waals surface area contributed by atoms with Gasteiger partial charge in [-0.05, 0) is 54.3 Å². The van der Waals surface area contributed by atoms with Gasteiger partial charge in [-0.1, -0.05) is 56.3 Å². The number of hydrogen-bond donors (Lipinski definition) is 3. The summed E-state index contributed by atoms with van der Waals surface area (Å²) in [6.45, 7) is 5.21. The lowest BCUT2D eigenvalue weighted by molar-refractivity contribution is -0.139. The van der Waals surface area contributed by atoms with Crippen molar-refractivity contribution in [2.45, 2.75) is 26.8 Å². The van der Waals surface area contributed by atoms with E-state index in [4.69, 9.17) is 4.42 Å². The van der Waals surface area contributed by atoms with Gasteiger partial charge in [-0.2, -0.15) is 0 Å². The molecule has 0 spiro atoms. The van der Waals surface area contributed by atoms with Crippen LogP contribution in [-0.2, 0) is 16.1 Å². The zero-order valence-corrected chi connectivity index (χ0v) is 20.8. The maximum absolute atomic E-state index is 12.8. The molecule has 9 heteroatoms. The number of aryl methyl sites for hydroxylation is 1. The van der Waals surface area contributed by atoms with Crippen LogP contribution >= 0.6 is 0 Å². The summed E-state index contributed by atoms with van der Waals surface area (Å²) in [6.07, 6.45) is 0. The summed E-state index contributed by atoms with van der Waals surface area (Å²) in [5.41, 5.74) is 4.04. The van der Waals surface area contributed by atoms with Gasteiger partial charge in [0.15, 0.2) is 5.76 Å². The van der Waals surface area contributed by atoms with E-state index in [9.17, 15) is 23.5 Å².